The second kappa shape index (κ2) is 9.25. The normalized spacial score (nSPS) is 11.5. The highest BCUT2D eigenvalue weighted by atomic mass is 35.5. The van der Waals surface area contributed by atoms with Gasteiger partial charge in [-0.15, -0.1) is 5.10 Å². The molecule has 4 rings (SSSR count). The summed E-state index contributed by atoms with van der Waals surface area (Å²) >= 11 is 6.18. The van der Waals surface area contributed by atoms with Crippen molar-refractivity contribution < 1.29 is 27.5 Å². The fourth-order valence-electron chi connectivity index (χ4n) is 3.30. The molecular formula is C21H17ClF3N7O3. The van der Waals surface area contributed by atoms with Crippen LogP contribution in [-0.2, 0) is 0 Å². The van der Waals surface area contributed by atoms with E-state index in [0.29, 0.717) is 11.1 Å². The molecule has 0 unspecified atom stereocenters. The molecule has 0 aliphatic heterocycles. The van der Waals surface area contributed by atoms with E-state index in [1.54, 1.807) is 19.1 Å². The van der Waals surface area contributed by atoms with Crippen molar-refractivity contribution in [3.05, 3.63) is 64.7 Å². The molecule has 0 radical (unpaired) electrons. The maximum atomic E-state index is 13.3. The Morgan fingerprint density at radius 1 is 1.17 bits per heavy atom. The van der Waals surface area contributed by atoms with Crippen LogP contribution in [0.25, 0.3) is 11.3 Å². The first-order chi connectivity index (χ1) is 16.6. The first kappa shape index (κ1) is 24.0. The highest BCUT2D eigenvalue weighted by molar-refractivity contribution is 6.32. The molecule has 0 aliphatic rings. The van der Waals surface area contributed by atoms with E-state index in [-0.39, 0.29) is 27.9 Å². The lowest BCUT2D eigenvalue weighted by Crippen LogP contribution is -2.26. The third-order valence-corrected chi connectivity index (χ3v) is 5.10. The van der Waals surface area contributed by atoms with Crippen LogP contribution in [0.2, 0.25) is 5.02 Å². The van der Waals surface area contributed by atoms with Gasteiger partial charge in [-0.25, -0.2) is 14.2 Å². The minimum Gasteiger partial charge on any atom is -0.467 e. The first-order valence-corrected chi connectivity index (χ1v) is 10.4. The molecule has 0 aromatic carbocycles. The van der Waals surface area contributed by atoms with E-state index in [0.717, 1.165) is 10.7 Å². The Kier molecular flexibility index (Phi) is 6.35. The summed E-state index contributed by atoms with van der Waals surface area (Å²) in [7, 11) is 1.42. The molecule has 0 aliphatic carbocycles. The zero-order chi connectivity index (χ0) is 25.3. The maximum absolute atomic E-state index is 13.3. The molecule has 0 fully saturated rings. The highest BCUT2D eigenvalue weighted by Gasteiger charge is 2.30. The van der Waals surface area contributed by atoms with Gasteiger partial charge in [0.15, 0.2) is 18.1 Å². The number of fused-ring (bicyclic) bond motifs is 1. The Morgan fingerprint density at radius 3 is 2.63 bits per heavy atom. The summed E-state index contributed by atoms with van der Waals surface area (Å²) in [6, 6.07) is 7.43. The topological polar surface area (TPSA) is 115 Å². The summed E-state index contributed by atoms with van der Waals surface area (Å²) < 4.78 is 45.0. The van der Waals surface area contributed by atoms with Gasteiger partial charge < -0.3 is 15.4 Å². The van der Waals surface area contributed by atoms with Crippen molar-refractivity contribution in [1.29, 1.82) is 0 Å². The molecule has 0 saturated carbocycles. The number of amides is 2. The summed E-state index contributed by atoms with van der Waals surface area (Å²) in [5.41, 5.74) is 1.12. The number of alkyl halides is 3. The smallest absolute Gasteiger partial charge is 0.422 e. The van der Waals surface area contributed by atoms with Crippen molar-refractivity contribution >= 4 is 34.6 Å². The Bertz CT molecular complexity index is 1430. The number of halogens is 4. The maximum Gasteiger partial charge on any atom is 0.422 e. The molecule has 14 heteroatoms. The van der Waals surface area contributed by atoms with Crippen LogP contribution < -0.4 is 15.4 Å². The third-order valence-electron chi connectivity index (χ3n) is 4.80. The van der Waals surface area contributed by atoms with Gasteiger partial charge in [-0.2, -0.15) is 18.3 Å². The fraction of sp³-hybridized carbons (Fsp3) is 0.190. The lowest BCUT2D eigenvalue weighted by Gasteiger charge is -2.15. The Morgan fingerprint density at radius 2 is 1.94 bits per heavy atom. The number of anilines is 1. The van der Waals surface area contributed by atoms with Crippen molar-refractivity contribution in [1.82, 2.24) is 29.7 Å². The van der Waals surface area contributed by atoms with Gasteiger partial charge in [0, 0.05) is 19.3 Å². The molecule has 0 atom stereocenters. The predicted molar refractivity (Wildman–Crippen MR) is 119 cm³/mol. The zero-order valence-electron chi connectivity index (χ0n) is 18.2. The summed E-state index contributed by atoms with van der Waals surface area (Å²) in [6.45, 7) is 0.0662. The van der Waals surface area contributed by atoms with E-state index in [1.807, 2.05) is 0 Å². The van der Waals surface area contributed by atoms with Crippen molar-refractivity contribution in [3.63, 3.8) is 0 Å². The number of nitrogens with zero attached hydrogens (tertiary/aromatic N) is 5. The second-order valence-electron chi connectivity index (χ2n) is 7.24. The van der Waals surface area contributed by atoms with Gasteiger partial charge in [-0.1, -0.05) is 11.6 Å². The van der Waals surface area contributed by atoms with Gasteiger partial charge >= 0.3 is 6.18 Å². The van der Waals surface area contributed by atoms with Gasteiger partial charge in [0.2, 0.25) is 5.88 Å². The lowest BCUT2D eigenvalue weighted by molar-refractivity contribution is -0.154. The number of aromatic nitrogens is 5. The largest absolute Gasteiger partial charge is 0.467 e. The molecule has 2 amide bonds. The SMILES string of the molecule is CNC(=O)c1c(NC(=O)c2cc(OCC(F)(F)F)nn2-c2ncccc2Cl)c(C)cc2ccnn12. The number of nitrogens with one attached hydrogen (secondary N) is 2. The highest BCUT2D eigenvalue weighted by Crippen LogP contribution is 2.27. The molecular weight excluding hydrogens is 491 g/mol. The molecule has 0 bridgehead atoms. The van der Waals surface area contributed by atoms with E-state index >= 15 is 0 Å². The van der Waals surface area contributed by atoms with Crippen LogP contribution in [0.15, 0.2) is 42.7 Å². The second-order valence-corrected chi connectivity index (χ2v) is 7.65. The summed E-state index contributed by atoms with van der Waals surface area (Å²) in [6.07, 6.45) is -1.75. The monoisotopic (exact) mass is 507 g/mol. The Hall–Kier alpha value is -4.13. The summed E-state index contributed by atoms with van der Waals surface area (Å²) in [4.78, 5) is 30.0. The number of aryl methyl sites for hydroxylation is 1. The van der Waals surface area contributed by atoms with Crippen molar-refractivity contribution in [2.45, 2.75) is 13.1 Å². The number of ether oxygens (including phenoxy) is 1. The summed E-state index contributed by atoms with van der Waals surface area (Å²) in [5, 5.41) is 13.3. The van der Waals surface area contributed by atoms with Crippen molar-refractivity contribution in [3.8, 4) is 11.7 Å². The molecule has 2 N–H and O–H groups in total. The molecule has 4 heterocycles. The average molecular weight is 508 g/mol. The van der Waals surface area contributed by atoms with E-state index < -0.39 is 30.5 Å². The quantitative estimate of drug-likeness (QED) is 0.413. The van der Waals surface area contributed by atoms with Crippen molar-refractivity contribution in [2.24, 2.45) is 0 Å². The van der Waals surface area contributed by atoms with Gasteiger partial charge in [-0.05, 0) is 36.8 Å². The standard InChI is InChI=1S/C21H17ClF3N7O3/c1-11-8-12-5-7-28-31(12)17(20(34)26-2)16(11)29-19(33)14-9-15(35-10-21(23,24)25)30-32(14)18-13(22)4-3-6-27-18/h3-9H,10H2,1-2H3,(H,26,34)(H,29,33). The molecule has 0 spiro atoms. The van der Waals surface area contributed by atoms with Crippen LogP contribution in [0.5, 0.6) is 5.88 Å². The molecule has 4 aromatic rings. The third kappa shape index (κ3) is 4.89. The van der Waals surface area contributed by atoms with Crippen LogP contribution >= 0.6 is 11.6 Å². The Labute approximate surface area is 200 Å². The Balaban J connectivity index is 1.79. The van der Waals surface area contributed by atoms with Crippen LogP contribution in [0.3, 0.4) is 0 Å². The van der Waals surface area contributed by atoms with Gasteiger partial charge in [0.1, 0.15) is 5.69 Å². The number of rotatable bonds is 6. The first-order valence-electron chi connectivity index (χ1n) is 10.0. The number of hydrogen-bond donors (Lipinski definition) is 2. The van der Waals surface area contributed by atoms with E-state index in [4.69, 9.17) is 16.3 Å². The van der Waals surface area contributed by atoms with E-state index in [1.165, 1.54) is 36.1 Å². The average Bonchev–Trinajstić information content (AvgIpc) is 3.44. The summed E-state index contributed by atoms with van der Waals surface area (Å²) in [5.74, 6) is -1.80. The van der Waals surface area contributed by atoms with Crippen molar-refractivity contribution in [2.75, 3.05) is 19.0 Å². The van der Waals surface area contributed by atoms with E-state index in [9.17, 15) is 22.8 Å². The minimum absolute atomic E-state index is 0.00745. The van der Waals surface area contributed by atoms with E-state index in [2.05, 4.69) is 25.8 Å². The number of carbonyl (C=O) groups is 2. The molecule has 182 valence electrons. The van der Waals surface area contributed by atoms with Crippen LogP contribution in [-0.4, -0.2) is 56.0 Å². The minimum atomic E-state index is -4.62. The van der Waals surface area contributed by atoms with Crippen LogP contribution in [0.1, 0.15) is 26.5 Å². The predicted octanol–water partition coefficient (Wildman–Crippen LogP) is 3.43. The number of hydrogen-bond acceptors (Lipinski definition) is 6. The fourth-order valence-corrected chi connectivity index (χ4v) is 3.50. The van der Waals surface area contributed by atoms with Gasteiger partial charge in [0.05, 0.1) is 22.4 Å². The molecule has 4 aromatic heterocycles. The molecule has 35 heavy (non-hydrogen) atoms. The van der Waals surface area contributed by atoms with Crippen LogP contribution in [0, 0.1) is 6.92 Å². The number of pyridine rings is 2. The molecule has 10 nitrogen and oxygen atoms in total. The number of carbonyl (C=O) groups excluding carboxylic acids is 2. The van der Waals surface area contributed by atoms with Crippen LogP contribution in [0.4, 0.5) is 18.9 Å². The zero-order valence-corrected chi connectivity index (χ0v) is 19.0. The molecule has 0 saturated heterocycles. The van der Waals surface area contributed by atoms with Gasteiger partial charge in [0.25, 0.3) is 11.8 Å². The van der Waals surface area contributed by atoms with Gasteiger partial charge in [-0.3, -0.25) is 9.59 Å². The lowest BCUT2D eigenvalue weighted by atomic mass is 10.1.